The maximum absolute atomic E-state index is 13.8. The van der Waals surface area contributed by atoms with Gasteiger partial charge < -0.3 is 10.1 Å². The maximum atomic E-state index is 13.8. The Hall–Kier alpha value is -3.02. The van der Waals surface area contributed by atoms with Crippen molar-refractivity contribution in [2.45, 2.75) is 51.5 Å². The lowest BCUT2D eigenvalue weighted by atomic mass is 9.75. The van der Waals surface area contributed by atoms with Crippen molar-refractivity contribution in [2.75, 3.05) is 6.61 Å². The normalized spacial score (nSPS) is 19.7. The van der Waals surface area contributed by atoms with Crippen molar-refractivity contribution >= 4 is 16.8 Å². The van der Waals surface area contributed by atoms with Gasteiger partial charge in [-0.1, -0.05) is 0 Å². The summed E-state index contributed by atoms with van der Waals surface area (Å²) in [5.74, 6) is 1.07. The van der Waals surface area contributed by atoms with Crippen molar-refractivity contribution in [3.8, 4) is 5.75 Å². The second-order valence-electron chi connectivity index (χ2n) is 8.25. The van der Waals surface area contributed by atoms with Crippen LogP contribution in [0.2, 0.25) is 0 Å². The second kappa shape index (κ2) is 9.41. The Bertz CT molecular complexity index is 1050. The lowest BCUT2D eigenvalue weighted by Gasteiger charge is -2.33. The van der Waals surface area contributed by atoms with Crippen LogP contribution in [0.5, 0.6) is 5.75 Å². The molecule has 2 aromatic heterocycles. The smallest absolute Gasteiger partial charge is 0.270 e. The number of rotatable bonds is 6. The first-order chi connectivity index (χ1) is 15.0. The van der Waals surface area contributed by atoms with Gasteiger partial charge in [0.15, 0.2) is 0 Å². The number of carbonyl (C=O) groups is 1. The number of hydrogen-bond donors (Lipinski definition) is 1. The Kier molecular flexibility index (Phi) is 6.44. The summed E-state index contributed by atoms with van der Waals surface area (Å²) in [4.78, 5) is 21.2. The van der Waals surface area contributed by atoms with E-state index in [0.717, 1.165) is 36.6 Å². The zero-order chi connectivity index (χ0) is 21.8. The molecule has 4 rings (SSSR count). The van der Waals surface area contributed by atoms with Gasteiger partial charge in [0, 0.05) is 17.6 Å². The van der Waals surface area contributed by atoms with Crippen LogP contribution in [0.25, 0.3) is 10.9 Å². The molecule has 1 aliphatic rings. The highest BCUT2D eigenvalue weighted by atomic mass is 19.1. The third-order valence-electron chi connectivity index (χ3n) is 6.29. The van der Waals surface area contributed by atoms with Crippen LogP contribution in [0.3, 0.4) is 0 Å². The van der Waals surface area contributed by atoms with Crippen LogP contribution in [-0.2, 0) is 0 Å². The number of nitrogens with zero attached hydrogens (tertiary/aromatic N) is 2. The van der Waals surface area contributed by atoms with Crippen molar-refractivity contribution in [1.82, 2.24) is 15.3 Å². The van der Waals surface area contributed by atoms with Crippen molar-refractivity contribution in [3.63, 3.8) is 0 Å². The fraction of sp³-hybridized carbons (Fsp3) is 0.400. The predicted octanol–water partition coefficient (Wildman–Crippen LogP) is 5.26. The van der Waals surface area contributed by atoms with E-state index in [1.165, 1.54) is 11.6 Å². The molecule has 1 N–H and O–H groups in total. The number of carbonyl (C=O) groups excluding carboxylic acids is 1. The number of benzene rings is 1. The minimum Gasteiger partial charge on any atom is -0.492 e. The first-order valence-corrected chi connectivity index (χ1v) is 11.0. The molecular weight excluding hydrogens is 393 g/mol. The van der Waals surface area contributed by atoms with E-state index >= 15 is 0 Å². The van der Waals surface area contributed by atoms with Crippen LogP contribution in [0.4, 0.5) is 4.39 Å². The number of ether oxygens (including phenoxy) is 1. The van der Waals surface area contributed by atoms with Gasteiger partial charge in [-0.3, -0.25) is 9.78 Å². The van der Waals surface area contributed by atoms with E-state index in [4.69, 9.17) is 4.74 Å². The molecule has 0 spiro atoms. The molecule has 0 radical (unpaired) electrons. The number of nitrogens with one attached hydrogen (secondary N) is 1. The molecular formula is C25H28FN3O2. The van der Waals surface area contributed by atoms with Gasteiger partial charge in [0.05, 0.1) is 18.3 Å². The molecule has 1 aliphatic carbocycles. The van der Waals surface area contributed by atoms with Gasteiger partial charge in [-0.2, -0.15) is 0 Å². The van der Waals surface area contributed by atoms with Crippen molar-refractivity contribution in [3.05, 3.63) is 65.9 Å². The molecule has 0 saturated heterocycles. The summed E-state index contributed by atoms with van der Waals surface area (Å²) >= 11 is 0. The third-order valence-corrected chi connectivity index (χ3v) is 6.29. The second-order valence-corrected chi connectivity index (χ2v) is 8.25. The first-order valence-electron chi connectivity index (χ1n) is 11.0. The lowest BCUT2D eigenvalue weighted by molar-refractivity contribution is 0.0912. The Morgan fingerprint density at radius 2 is 1.97 bits per heavy atom. The Balaban J connectivity index is 1.36. The molecule has 1 amide bonds. The largest absolute Gasteiger partial charge is 0.492 e. The standard InChI is InChI=1S/C25H28FN3O2/c1-3-31-20-9-11-24(28-15-20)25(30)29-16(2)17-4-6-18(7-5-17)21-12-13-27-23-10-8-19(26)14-22(21)23/h8-18H,3-7H2,1-2H3,(H,29,30). The van der Waals surface area contributed by atoms with E-state index < -0.39 is 0 Å². The summed E-state index contributed by atoms with van der Waals surface area (Å²) in [5.41, 5.74) is 2.41. The third kappa shape index (κ3) is 4.84. The van der Waals surface area contributed by atoms with Crippen LogP contribution in [0.1, 0.15) is 61.5 Å². The van der Waals surface area contributed by atoms with E-state index in [0.29, 0.717) is 29.9 Å². The lowest BCUT2D eigenvalue weighted by Crippen LogP contribution is -2.39. The minimum absolute atomic E-state index is 0.0634. The molecule has 3 aromatic rings. The number of halogens is 1. The van der Waals surface area contributed by atoms with Crippen molar-refractivity contribution in [1.29, 1.82) is 0 Å². The molecule has 1 fully saturated rings. The predicted molar refractivity (Wildman–Crippen MR) is 119 cm³/mol. The highest BCUT2D eigenvalue weighted by Gasteiger charge is 2.28. The van der Waals surface area contributed by atoms with Crippen molar-refractivity contribution in [2.24, 2.45) is 5.92 Å². The fourth-order valence-corrected chi connectivity index (χ4v) is 4.59. The Labute approximate surface area is 182 Å². The van der Waals surface area contributed by atoms with E-state index in [-0.39, 0.29) is 17.8 Å². The minimum atomic E-state index is -0.227. The topological polar surface area (TPSA) is 64.1 Å². The van der Waals surface area contributed by atoms with Gasteiger partial charge in [-0.05, 0) is 93.3 Å². The number of pyridine rings is 2. The molecule has 2 heterocycles. The molecule has 1 saturated carbocycles. The number of amides is 1. The van der Waals surface area contributed by atoms with Gasteiger partial charge in [-0.15, -0.1) is 0 Å². The Morgan fingerprint density at radius 1 is 1.16 bits per heavy atom. The number of aromatic nitrogens is 2. The van der Waals surface area contributed by atoms with Gasteiger partial charge in [0.2, 0.25) is 0 Å². The SMILES string of the molecule is CCOc1ccc(C(=O)NC(C)C2CCC(c3ccnc4ccc(F)cc34)CC2)nc1. The number of hydrogen-bond acceptors (Lipinski definition) is 4. The molecule has 1 unspecified atom stereocenters. The van der Waals surface area contributed by atoms with E-state index in [9.17, 15) is 9.18 Å². The molecule has 6 heteroatoms. The zero-order valence-corrected chi connectivity index (χ0v) is 18.0. The highest BCUT2D eigenvalue weighted by Crippen LogP contribution is 2.39. The summed E-state index contributed by atoms with van der Waals surface area (Å²) in [7, 11) is 0. The summed E-state index contributed by atoms with van der Waals surface area (Å²) in [5, 5.41) is 4.02. The molecule has 5 nitrogen and oxygen atoms in total. The monoisotopic (exact) mass is 421 g/mol. The van der Waals surface area contributed by atoms with Gasteiger partial charge >= 0.3 is 0 Å². The van der Waals surface area contributed by atoms with Gasteiger partial charge in [0.25, 0.3) is 5.91 Å². The van der Waals surface area contributed by atoms with Crippen molar-refractivity contribution < 1.29 is 13.9 Å². The fourth-order valence-electron chi connectivity index (χ4n) is 4.59. The molecule has 31 heavy (non-hydrogen) atoms. The summed E-state index contributed by atoms with van der Waals surface area (Å²) < 4.78 is 19.2. The summed E-state index contributed by atoms with van der Waals surface area (Å²) in [6.45, 7) is 4.54. The van der Waals surface area contributed by atoms with Crippen LogP contribution in [-0.4, -0.2) is 28.5 Å². The maximum Gasteiger partial charge on any atom is 0.270 e. The Morgan fingerprint density at radius 3 is 2.68 bits per heavy atom. The molecule has 1 aromatic carbocycles. The quantitative estimate of drug-likeness (QED) is 0.590. The number of fused-ring (bicyclic) bond motifs is 1. The van der Waals surface area contributed by atoms with Crippen LogP contribution >= 0.6 is 0 Å². The zero-order valence-electron chi connectivity index (χ0n) is 18.0. The van der Waals surface area contributed by atoms with Gasteiger partial charge in [-0.25, -0.2) is 9.37 Å². The highest BCUT2D eigenvalue weighted by molar-refractivity contribution is 5.92. The van der Waals surface area contributed by atoms with E-state index in [2.05, 4.69) is 22.2 Å². The van der Waals surface area contributed by atoms with Crippen LogP contribution in [0.15, 0.2) is 48.8 Å². The van der Waals surface area contributed by atoms with Crippen LogP contribution < -0.4 is 10.1 Å². The molecule has 162 valence electrons. The molecule has 1 atom stereocenters. The van der Waals surface area contributed by atoms with E-state index in [1.54, 1.807) is 30.5 Å². The summed E-state index contributed by atoms with van der Waals surface area (Å²) in [6, 6.07) is 10.3. The van der Waals surface area contributed by atoms with Crippen LogP contribution in [0, 0.1) is 11.7 Å². The van der Waals surface area contributed by atoms with Gasteiger partial charge in [0.1, 0.15) is 17.3 Å². The molecule has 0 aliphatic heterocycles. The average Bonchev–Trinajstić information content (AvgIpc) is 2.79. The van der Waals surface area contributed by atoms with E-state index in [1.807, 2.05) is 19.2 Å². The average molecular weight is 422 g/mol. The summed E-state index contributed by atoms with van der Waals surface area (Å²) in [6.07, 6.45) is 7.46. The molecule has 0 bridgehead atoms. The first kappa shape index (κ1) is 21.2.